The minimum absolute atomic E-state index is 0.360. The molecule has 2 N–H and O–H groups in total. The molecule has 2 amide bonds. The highest BCUT2D eigenvalue weighted by molar-refractivity contribution is 5.99. The predicted octanol–water partition coefficient (Wildman–Crippen LogP) is 2.34. The van der Waals surface area contributed by atoms with E-state index in [1.54, 1.807) is 30.9 Å². The van der Waals surface area contributed by atoms with Crippen LogP contribution in [0.25, 0.3) is 0 Å². The van der Waals surface area contributed by atoms with Crippen LogP contribution in [-0.2, 0) is 6.54 Å². The topological polar surface area (TPSA) is 81.1 Å². The van der Waals surface area contributed by atoms with Gasteiger partial charge in [0.2, 0.25) is 5.88 Å². The van der Waals surface area contributed by atoms with E-state index in [-0.39, 0.29) is 0 Å². The zero-order valence-electron chi connectivity index (χ0n) is 11.5. The number of imidazole rings is 1. The average Bonchev–Trinajstić information content (AvgIpc) is 2.87. The Morgan fingerprint density at radius 2 is 2.25 bits per heavy atom. The molecule has 20 heavy (non-hydrogen) atoms. The van der Waals surface area contributed by atoms with Crippen molar-refractivity contribution in [3.8, 4) is 5.88 Å². The molecule has 0 aliphatic carbocycles. The van der Waals surface area contributed by atoms with Crippen molar-refractivity contribution in [3.63, 3.8) is 0 Å². The highest BCUT2D eigenvalue weighted by atomic mass is 16.5. The number of hydrogen-bond donors (Lipinski definition) is 2. The van der Waals surface area contributed by atoms with Gasteiger partial charge < -0.3 is 14.6 Å². The maximum atomic E-state index is 11.9. The summed E-state index contributed by atoms with van der Waals surface area (Å²) in [6, 6.07) is 3.04. The number of methoxy groups -OCH3 is 1. The fourth-order valence-electron chi connectivity index (χ4n) is 1.72. The van der Waals surface area contributed by atoms with E-state index in [1.165, 1.54) is 7.11 Å². The zero-order chi connectivity index (χ0) is 14.4. The molecule has 2 heterocycles. The summed E-state index contributed by atoms with van der Waals surface area (Å²) >= 11 is 0. The fourth-order valence-corrected chi connectivity index (χ4v) is 1.72. The molecule has 0 aliphatic heterocycles. The maximum Gasteiger partial charge on any atom is 0.325 e. The van der Waals surface area contributed by atoms with Crippen molar-refractivity contribution in [2.24, 2.45) is 0 Å². The Labute approximate surface area is 117 Å². The van der Waals surface area contributed by atoms with Crippen LogP contribution in [-0.4, -0.2) is 27.7 Å². The minimum Gasteiger partial charge on any atom is -0.480 e. The van der Waals surface area contributed by atoms with Gasteiger partial charge in [0.25, 0.3) is 0 Å². The Morgan fingerprint density at radius 3 is 3.00 bits per heavy atom. The first-order valence-electron chi connectivity index (χ1n) is 6.31. The molecular weight excluding hydrogens is 258 g/mol. The zero-order valence-corrected chi connectivity index (χ0v) is 11.5. The Bertz CT molecular complexity index is 582. The Balaban J connectivity index is 1.97. The van der Waals surface area contributed by atoms with Crippen LogP contribution in [0.2, 0.25) is 0 Å². The maximum absolute atomic E-state index is 11.9. The SMILES string of the molecule is CCCn1cnc(NC(=O)Nc2cccnc2OC)c1. The molecule has 2 rings (SSSR count). The summed E-state index contributed by atoms with van der Waals surface area (Å²) in [6.07, 6.45) is 6.07. The normalized spacial score (nSPS) is 10.1. The highest BCUT2D eigenvalue weighted by Gasteiger charge is 2.09. The second-order valence-corrected chi connectivity index (χ2v) is 4.14. The fraction of sp³-hybridized carbons (Fsp3) is 0.308. The number of amides is 2. The van der Waals surface area contributed by atoms with E-state index < -0.39 is 6.03 Å². The van der Waals surface area contributed by atoms with Gasteiger partial charge in [0.15, 0.2) is 5.82 Å². The number of aryl methyl sites for hydroxylation is 1. The molecular formula is C13H17N5O2. The molecule has 2 aromatic rings. The molecule has 7 heteroatoms. The van der Waals surface area contributed by atoms with Crippen LogP contribution in [0.3, 0.4) is 0 Å². The van der Waals surface area contributed by atoms with Crippen LogP contribution < -0.4 is 15.4 Å². The van der Waals surface area contributed by atoms with Gasteiger partial charge in [-0.1, -0.05) is 6.92 Å². The van der Waals surface area contributed by atoms with Crippen molar-refractivity contribution in [1.82, 2.24) is 14.5 Å². The second-order valence-electron chi connectivity index (χ2n) is 4.14. The van der Waals surface area contributed by atoms with Crippen molar-refractivity contribution < 1.29 is 9.53 Å². The number of hydrogen-bond acceptors (Lipinski definition) is 4. The molecule has 7 nitrogen and oxygen atoms in total. The number of carbonyl (C=O) groups excluding carboxylic acids is 1. The lowest BCUT2D eigenvalue weighted by atomic mass is 10.4. The molecule has 0 saturated carbocycles. The number of rotatable bonds is 5. The number of anilines is 2. The van der Waals surface area contributed by atoms with Crippen molar-refractivity contribution in [2.75, 3.05) is 17.7 Å². The number of nitrogens with one attached hydrogen (secondary N) is 2. The largest absolute Gasteiger partial charge is 0.480 e. The Kier molecular flexibility index (Phi) is 4.54. The number of urea groups is 1. The van der Waals surface area contributed by atoms with Crippen molar-refractivity contribution in [3.05, 3.63) is 30.9 Å². The summed E-state index contributed by atoms with van der Waals surface area (Å²) < 4.78 is 6.98. The monoisotopic (exact) mass is 275 g/mol. The molecule has 0 saturated heterocycles. The lowest BCUT2D eigenvalue weighted by Crippen LogP contribution is -2.20. The third-order valence-corrected chi connectivity index (χ3v) is 2.57. The molecule has 0 unspecified atom stereocenters. The standard InChI is InChI=1S/C13H17N5O2/c1-3-7-18-8-11(15-9-18)17-13(19)16-10-5-4-6-14-12(10)20-2/h4-6,8-9H,3,7H2,1-2H3,(H2,16,17,19). The molecule has 0 atom stereocenters. The minimum atomic E-state index is -0.391. The Hall–Kier alpha value is -2.57. The van der Waals surface area contributed by atoms with Crippen LogP contribution in [0.4, 0.5) is 16.3 Å². The smallest absolute Gasteiger partial charge is 0.325 e. The predicted molar refractivity (Wildman–Crippen MR) is 75.9 cm³/mol. The first kappa shape index (κ1) is 13.9. The van der Waals surface area contributed by atoms with Crippen molar-refractivity contribution >= 4 is 17.5 Å². The third kappa shape index (κ3) is 3.47. The van der Waals surface area contributed by atoms with Gasteiger partial charge in [0, 0.05) is 18.9 Å². The van der Waals surface area contributed by atoms with Crippen molar-refractivity contribution in [2.45, 2.75) is 19.9 Å². The van der Waals surface area contributed by atoms with E-state index in [1.807, 2.05) is 4.57 Å². The molecule has 0 bridgehead atoms. The average molecular weight is 275 g/mol. The van der Waals surface area contributed by atoms with Gasteiger partial charge in [0.05, 0.1) is 13.4 Å². The molecule has 106 valence electrons. The molecule has 0 aromatic carbocycles. The number of carbonyl (C=O) groups is 1. The molecule has 0 radical (unpaired) electrons. The highest BCUT2D eigenvalue weighted by Crippen LogP contribution is 2.19. The van der Waals surface area contributed by atoms with E-state index in [0.29, 0.717) is 17.4 Å². The number of nitrogens with zero attached hydrogens (tertiary/aromatic N) is 3. The van der Waals surface area contributed by atoms with E-state index >= 15 is 0 Å². The molecule has 0 fully saturated rings. The van der Waals surface area contributed by atoms with E-state index in [9.17, 15) is 4.79 Å². The molecule has 0 spiro atoms. The van der Waals surface area contributed by atoms with E-state index in [4.69, 9.17) is 4.74 Å². The molecule has 2 aromatic heterocycles. The van der Waals surface area contributed by atoms with Crippen LogP contribution in [0.1, 0.15) is 13.3 Å². The molecule has 0 aliphatic rings. The summed E-state index contributed by atoms with van der Waals surface area (Å²) in [7, 11) is 1.50. The van der Waals surface area contributed by atoms with Gasteiger partial charge in [-0.15, -0.1) is 0 Å². The summed E-state index contributed by atoms with van der Waals surface area (Å²) in [6.45, 7) is 2.95. The summed E-state index contributed by atoms with van der Waals surface area (Å²) in [4.78, 5) is 20.0. The number of ether oxygens (including phenoxy) is 1. The third-order valence-electron chi connectivity index (χ3n) is 2.57. The summed E-state index contributed by atoms with van der Waals surface area (Å²) in [5.74, 6) is 0.859. The van der Waals surface area contributed by atoms with Gasteiger partial charge in [-0.05, 0) is 18.6 Å². The summed E-state index contributed by atoms with van der Waals surface area (Å²) in [5.41, 5.74) is 0.500. The van der Waals surface area contributed by atoms with Gasteiger partial charge in [-0.25, -0.2) is 14.8 Å². The van der Waals surface area contributed by atoms with Crippen LogP contribution in [0, 0.1) is 0 Å². The van der Waals surface area contributed by atoms with Crippen LogP contribution >= 0.6 is 0 Å². The lowest BCUT2D eigenvalue weighted by molar-refractivity contribution is 0.262. The van der Waals surface area contributed by atoms with E-state index in [2.05, 4.69) is 27.5 Å². The first-order chi connectivity index (χ1) is 9.72. The second kappa shape index (κ2) is 6.55. The summed E-state index contributed by atoms with van der Waals surface area (Å²) in [5, 5.41) is 5.32. The van der Waals surface area contributed by atoms with E-state index in [0.717, 1.165) is 13.0 Å². The first-order valence-corrected chi connectivity index (χ1v) is 6.31. The number of pyridine rings is 1. The van der Waals surface area contributed by atoms with Gasteiger partial charge in [-0.3, -0.25) is 5.32 Å². The van der Waals surface area contributed by atoms with Crippen molar-refractivity contribution in [1.29, 1.82) is 0 Å². The van der Waals surface area contributed by atoms with Gasteiger partial charge in [-0.2, -0.15) is 0 Å². The lowest BCUT2D eigenvalue weighted by Gasteiger charge is -2.08. The van der Waals surface area contributed by atoms with Crippen LogP contribution in [0.5, 0.6) is 5.88 Å². The van der Waals surface area contributed by atoms with Crippen LogP contribution in [0.15, 0.2) is 30.9 Å². The Morgan fingerprint density at radius 1 is 1.40 bits per heavy atom. The number of aromatic nitrogens is 3. The van der Waals surface area contributed by atoms with Gasteiger partial charge in [0.1, 0.15) is 5.69 Å². The quantitative estimate of drug-likeness (QED) is 0.877. The van der Waals surface area contributed by atoms with Gasteiger partial charge >= 0.3 is 6.03 Å².